The van der Waals surface area contributed by atoms with Crippen LogP contribution in [0.3, 0.4) is 0 Å². The number of amides is 3. The summed E-state index contributed by atoms with van der Waals surface area (Å²) in [4.78, 5) is 57.2. The van der Waals surface area contributed by atoms with Crippen LogP contribution < -0.4 is 21.4 Å². The van der Waals surface area contributed by atoms with Gasteiger partial charge in [0, 0.05) is 17.3 Å². The molecule has 3 amide bonds. The monoisotopic (exact) mass is 592 g/mol. The number of ether oxygens (including phenoxy) is 1. The minimum Gasteiger partial charge on any atom is -0.455 e. The van der Waals surface area contributed by atoms with Gasteiger partial charge in [-0.1, -0.05) is 31.7 Å². The van der Waals surface area contributed by atoms with Gasteiger partial charge in [0.15, 0.2) is 0 Å². The van der Waals surface area contributed by atoms with Crippen molar-refractivity contribution in [2.24, 2.45) is 5.41 Å². The molecular formula is C32H44N6O5. The minimum atomic E-state index is -0.972. The molecule has 11 heteroatoms. The van der Waals surface area contributed by atoms with Crippen molar-refractivity contribution in [3.05, 3.63) is 53.7 Å². The first-order valence-corrected chi connectivity index (χ1v) is 15.0. The maximum Gasteiger partial charge on any atom is 0.325 e. The number of hydrogen-bond donors (Lipinski definition) is 4. The molecule has 0 radical (unpaired) electrons. The summed E-state index contributed by atoms with van der Waals surface area (Å²) in [6.45, 7) is 14.6. The molecule has 1 aromatic carbocycles. The SMILES string of the molecule is C=C(C)[C@H](NC(=O)C1(C)CCNCC1)C(=O)N[C@@H](C)C(=O)N1CCC[C@@H](C(=O)O[C@H](C)c2ccc3ccc(C)cc3n2)N1. The molecule has 2 aliphatic rings. The molecule has 0 bridgehead atoms. The van der Waals surface area contributed by atoms with Crippen LogP contribution in [-0.2, 0) is 23.9 Å². The van der Waals surface area contributed by atoms with Gasteiger partial charge in [0.2, 0.25) is 11.8 Å². The van der Waals surface area contributed by atoms with Crippen LogP contribution >= 0.6 is 0 Å². The van der Waals surface area contributed by atoms with Gasteiger partial charge in [-0.2, -0.15) is 0 Å². The largest absolute Gasteiger partial charge is 0.455 e. The summed E-state index contributed by atoms with van der Waals surface area (Å²) in [6.07, 6.45) is 1.83. The van der Waals surface area contributed by atoms with Crippen molar-refractivity contribution < 1.29 is 23.9 Å². The van der Waals surface area contributed by atoms with Crippen molar-refractivity contribution >= 4 is 34.6 Å². The molecule has 4 N–H and O–H groups in total. The van der Waals surface area contributed by atoms with E-state index in [0.29, 0.717) is 43.5 Å². The summed E-state index contributed by atoms with van der Waals surface area (Å²) in [5.74, 6) is -1.61. The van der Waals surface area contributed by atoms with Crippen LogP contribution in [0.25, 0.3) is 10.9 Å². The minimum absolute atomic E-state index is 0.210. The van der Waals surface area contributed by atoms with Crippen LogP contribution in [0, 0.1) is 12.3 Å². The van der Waals surface area contributed by atoms with E-state index in [1.54, 1.807) is 20.8 Å². The second-order valence-electron chi connectivity index (χ2n) is 12.1. The normalized spacial score (nSPS) is 20.4. The van der Waals surface area contributed by atoms with Crippen molar-refractivity contribution in [1.29, 1.82) is 0 Å². The third kappa shape index (κ3) is 7.77. The predicted octanol–water partition coefficient (Wildman–Crippen LogP) is 2.60. The molecule has 4 rings (SSSR count). The first-order valence-electron chi connectivity index (χ1n) is 15.0. The second kappa shape index (κ2) is 13.6. The number of rotatable bonds is 9. The number of nitrogens with one attached hydrogen (secondary N) is 4. The van der Waals surface area contributed by atoms with Gasteiger partial charge in [-0.3, -0.25) is 24.2 Å². The standard InChI is InChI=1S/C32H44N6O5/c1-19(2)27(36-31(42)32(6)13-15-33-16-14-32)28(39)34-21(4)29(40)38-17-7-8-25(37-38)30(41)43-22(5)24-12-11-23-10-9-20(3)18-26(23)35-24/h9-12,18,21-22,25,27,33,37H,1,7-8,13-17H2,2-6H3,(H,34,39)(H,36,42)/t21-,22+,25-,27-/m0/s1. The summed E-state index contributed by atoms with van der Waals surface area (Å²) in [5.41, 5.74) is 5.42. The Morgan fingerprint density at radius 1 is 1.12 bits per heavy atom. The number of pyridine rings is 1. The molecule has 2 aromatic rings. The Labute approximate surface area is 253 Å². The molecule has 0 saturated carbocycles. The number of benzene rings is 1. The second-order valence-corrected chi connectivity index (χ2v) is 12.1. The van der Waals surface area contributed by atoms with E-state index in [2.05, 4.69) is 32.9 Å². The van der Waals surface area contributed by atoms with Crippen LogP contribution in [0.15, 0.2) is 42.5 Å². The van der Waals surface area contributed by atoms with Gasteiger partial charge in [0.1, 0.15) is 24.2 Å². The van der Waals surface area contributed by atoms with Crippen LogP contribution in [0.5, 0.6) is 0 Å². The lowest BCUT2D eigenvalue weighted by Crippen LogP contribution is -2.61. The number of carbonyl (C=O) groups excluding carboxylic acids is 4. The van der Waals surface area contributed by atoms with Crippen molar-refractivity contribution in [1.82, 2.24) is 31.4 Å². The lowest BCUT2D eigenvalue weighted by atomic mass is 9.80. The number of hydrazine groups is 1. The molecule has 11 nitrogen and oxygen atoms in total. The molecule has 2 fully saturated rings. The van der Waals surface area contributed by atoms with E-state index in [-0.39, 0.29) is 5.91 Å². The summed E-state index contributed by atoms with van der Waals surface area (Å²) in [7, 11) is 0. The van der Waals surface area contributed by atoms with Gasteiger partial charge >= 0.3 is 5.97 Å². The first-order chi connectivity index (χ1) is 20.4. The van der Waals surface area contributed by atoms with Gasteiger partial charge in [-0.25, -0.2) is 10.4 Å². The van der Waals surface area contributed by atoms with Gasteiger partial charge < -0.3 is 20.7 Å². The van der Waals surface area contributed by atoms with Crippen molar-refractivity contribution in [3.63, 3.8) is 0 Å². The Balaban J connectivity index is 1.32. The maximum atomic E-state index is 13.3. The van der Waals surface area contributed by atoms with Crippen molar-refractivity contribution in [2.45, 2.75) is 84.5 Å². The summed E-state index contributed by atoms with van der Waals surface area (Å²) < 4.78 is 5.74. The van der Waals surface area contributed by atoms with Gasteiger partial charge in [-0.05, 0) is 89.7 Å². The molecule has 0 aliphatic carbocycles. The van der Waals surface area contributed by atoms with Crippen LogP contribution in [-0.4, -0.2) is 71.4 Å². The van der Waals surface area contributed by atoms with Crippen molar-refractivity contribution in [2.75, 3.05) is 19.6 Å². The molecule has 1 aromatic heterocycles. The van der Waals surface area contributed by atoms with E-state index >= 15 is 0 Å². The molecule has 0 spiro atoms. The molecule has 0 unspecified atom stereocenters. The highest BCUT2D eigenvalue weighted by atomic mass is 16.5. The number of carbonyl (C=O) groups is 4. The third-order valence-electron chi connectivity index (χ3n) is 8.33. The Morgan fingerprint density at radius 3 is 2.51 bits per heavy atom. The third-order valence-corrected chi connectivity index (χ3v) is 8.33. The number of esters is 1. The highest BCUT2D eigenvalue weighted by Crippen LogP contribution is 2.28. The van der Waals surface area contributed by atoms with Crippen molar-refractivity contribution in [3.8, 4) is 0 Å². The molecule has 4 atom stereocenters. The average Bonchev–Trinajstić information content (AvgIpc) is 2.98. The van der Waals surface area contributed by atoms with Crippen LogP contribution in [0.4, 0.5) is 0 Å². The molecule has 232 valence electrons. The van der Waals surface area contributed by atoms with E-state index in [1.165, 1.54) is 5.01 Å². The average molecular weight is 593 g/mol. The van der Waals surface area contributed by atoms with Gasteiger partial charge in [0.05, 0.1) is 11.2 Å². The zero-order chi connectivity index (χ0) is 31.3. The lowest BCUT2D eigenvalue weighted by molar-refractivity contribution is -0.157. The van der Waals surface area contributed by atoms with E-state index < -0.39 is 47.4 Å². The highest BCUT2D eigenvalue weighted by molar-refractivity contribution is 5.94. The van der Waals surface area contributed by atoms with E-state index in [1.807, 2.05) is 44.2 Å². The number of aromatic nitrogens is 1. The molecule has 43 heavy (non-hydrogen) atoms. The fourth-order valence-electron chi connectivity index (χ4n) is 5.42. The first kappa shape index (κ1) is 32.1. The number of nitrogens with zero attached hydrogens (tertiary/aromatic N) is 2. The molecule has 3 heterocycles. The predicted molar refractivity (Wildman–Crippen MR) is 163 cm³/mol. The Kier molecular flexibility index (Phi) is 10.2. The number of aryl methyl sites for hydroxylation is 1. The van der Waals surface area contributed by atoms with Crippen LogP contribution in [0.1, 0.15) is 70.7 Å². The summed E-state index contributed by atoms with van der Waals surface area (Å²) >= 11 is 0. The number of fused-ring (bicyclic) bond motifs is 1. The molecular weight excluding hydrogens is 548 g/mol. The smallest absolute Gasteiger partial charge is 0.325 e. The Morgan fingerprint density at radius 2 is 1.81 bits per heavy atom. The molecule has 2 saturated heterocycles. The fourth-order valence-corrected chi connectivity index (χ4v) is 5.42. The zero-order valence-electron chi connectivity index (χ0n) is 25.8. The molecule has 2 aliphatic heterocycles. The maximum absolute atomic E-state index is 13.3. The van der Waals surface area contributed by atoms with Gasteiger partial charge in [-0.15, -0.1) is 0 Å². The van der Waals surface area contributed by atoms with E-state index in [0.717, 1.165) is 29.6 Å². The summed E-state index contributed by atoms with van der Waals surface area (Å²) in [6, 6.07) is 7.20. The fraction of sp³-hybridized carbons (Fsp3) is 0.531. The zero-order valence-corrected chi connectivity index (χ0v) is 25.8. The topological polar surface area (TPSA) is 142 Å². The number of piperidine rings is 1. The van der Waals surface area contributed by atoms with E-state index in [9.17, 15) is 19.2 Å². The summed E-state index contributed by atoms with van der Waals surface area (Å²) in [5, 5.41) is 11.1. The van der Waals surface area contributed by atoms with Gasteiger partial charge in [0.25, 0.3) is 5.91 Å². The lowest BCUT2D eigenvalue weighted by Gasteiger charge is -2.35. The number of hydrogen-bond acceptors (Lipinski definition) is 8. The van der Waals surface area contributed by atoms with Crippen LogP contribution in [0.2, 0.25) is 0 Å². The Hall–Kier alpha value is -3.83. The Bertz CT molecular complexity index is 1390. The van der Waals surface area contributed by atoms with E-state index in [4.69, 9.17) is 4.74 Å². The highest BCUT2D eigenvalue weighted by Gasteiger charge is 2.38. The quantitative estimate of drug-likeness (QED) is 0.257.